The molecule has 2 fully saturated rings. The predicted octanol–water partition coefficient (Wildman–Crippen LogP) is 3.77. The number of nitrogens with one attached hydrogen (secondary N) is 1. The molecule has 1 amide bonds. The van der Waals surface area contributed by atoms with Crippen molar-refractivity contribution in [3.63, 3.8) is 0 Å². The Morgan fingerprint density at radius 2 is 1.88 bits per heavy atom. The van der Waals surface area contributed by atoms with Gasteiger partial charge in [-0.2, -0.15) is 4.98 Å². The molecule has 1 aromatic heterocycles. The molecule has 2 aliphatic heterocycles. The first-order valence-corrected chi connectivity index (χ1v) is 12.0. The maximum absolute atomic E-state index is 12.3. The molecule has 1 N–H and O–H groups in total. The van der Waals surface area contributed by atoms with Crippen molar-refractivity contribution in [3.05, 3.63) is 47.7 Å². The molecule has 33 heavy (non-hydrogen) atoms. The van der Waals surface area contributed by atoms with Crippen LogP contribution in [-0.2, 0) is 11.3 Å². The maximum atomic E-state index is 12.3. The van der Waals surface area contributed by atoms with Crippen LogP contribution in [0.1, 0.15) is 44.4 Å². The highest BCUT2D eigenvalue weighted by Gasteiger charge is 2.37. The first-order valence-electron chi connectivity index (χ1n) is 12.0. The Morgan fingerprint density at radius 3 is 2.64 bits per heavy atom. The Balaban J connectivity index is 1.39. The number of carbonyl (C=O) groups is 1. The molecule has 178 valence electrons. The molecule has 1 aromatic carbocycles. The van der Waals surface area contributed by atoms with E-state index in [0.717, 1.165) is 26.2 Å². The van der Waals surface area contributed by atoms with Crippen LogP contribution in [-0.4, -0.2) is 71.7 Å². The molecule has 8 heteroatoms. The molecule has 2 aliphatic rings. The number of likely N-dealkylation sites (N-methyl/N-ethyl adjacent to an activating group) is 1. The minimum absolute atomic E-state index is 0.0187. The molecule has 0 bridgehead atoms. The van der Waals surface area contributed by atoms with E-state index in [4.69, 9.17) is 4.74 Å². The van der Waals surface area contributed by atoms with Crippen LogP contribution in [0.3, 0.4) is 0 Å². The second-order valence-corrected chi connectivity index (χ2v) is 9.54. The number of anilines is 2. The lowest BCUT2D eigenvalue weighted by Gasteiger charge is -2.24. The largest absolute Gasteiger partial charge is 0.447 e. The molecule has 4 rings (SSSR count). The van der Waals surface area contributed by atoms with E-state index in [1.165, 1.54) is 24.1 Å². The van der Waals surface area contributed by atoms with Gasteiger partial charge in [0, 0.05) is 25.8 Å². The fraction of sp³-hybridized carbons (Fsp3) is 0.560. The third-order valence-corrected chi connectivity index (χ3v) is 6.61. The van der Waals surface area contributed by atoms with Crippen LogP contribution in [0.15, 0.2) is 36.5 Å². The van der Waals surface area contributed by atoms with E-state index in [1.807, 2.05) is 0 Å². The third kappa shape index (κ3) is 5.81. The van der Waals surface area contributed by atoms with Gasteiger partial charge >= 0.3 is 6.09 Å². The molecule has 3 heterocycles. The Labute approximate surface area is 196 Å². The highest BCUT2D eigenvalue weighted by atomic mass is 16.6. The van der Waals surface area contributed by atoms with E-state index in [-0.39, 0.29) is 24.1 Å². The zero-order valence-electron chi connectivity index (χ0n) is 20.2. The van der Waals surface area contributed by atoms with E-state index in [2.05, 4.69) is 77.2 Å². The van der Waals surface area contributed by atoms with Crippen molar-refractivity contribution < 1.29 is 9.53 Å². The van der Waals surface area contributed by atoms with E-state index >= 15 is 0 Å². The standard InChI is InChI=1S/C25H36N6O2/c1-18(2)22-17-33-25(32)31(22)23-10-11-26-24(28-23)27-19(3)21-8-6-20(7-9-21)16-30-13-5-12-29(4)14-15-30/h6-11,18-19,22H,5,12-17H2,1-4H3,(H,26,27,28)/t19?,22-/m1/s1. The lowest BCUT2D eigenvalue weighted by Crippen LogP contribution is -2.37. The normalized spacial score (nSPS) is 21.2. The summed E-state index contributed by atoms with van der Waals surface area (Å²) in [5.74, 6) is 1.34. The summed E-state index contributed by atoms with van der Waals surface area (Å²) in [7, 11) is 2.20. The minimum Gasteiger partial charge on any atom is -0.447 e. The zero-order valence-corrected chi connectivity index (χ0v) is 20.2. The smallest absolute Gasteiger partial charge is 0.415 e. The van der Waals surface area contributed by atoms with E-state index in [1.54, 1.807) is 17.2 Å². The summed E-state index contributed by atoms with van der Waals surface area (Å²) in [6.07, 6.45) is 2.56. The molecule has 0 aliphatic carbocycles. The van der Waals surface area contributed by atoms with Crippen LogP contribution >= 0.6 is 0 Å². The number of ether oxygens (including phenoxy) is 1. The second-order valence-electron chi connectivity index (χ2n) is 9.54. The first kappa shape index (κ1) is 23.4. The highest BCUT2D eigenvalue weighted by molar-refractivity contribution is 5.89. The molecule has 8 nitrogen and oxygen atoms in total. The van der Waals surface area contributed by atoms with Gasteiger partial charge in [0.05, 0.1) is 12.1 Å². The van der Waals surface area contributed by atoms with Crippen molar-refractivity contribution in [2.24, 2.45) is 5.92 Å². The van der Waals surface area contributed by atoms with E-state index < -0.39 is 0 Å². The summed E-state index contributed by atoms with van der Waals surface area (Å²) >= 11 is 0. The zero-order chi connectivity index (χ0) is 23.4. The molecule has 0 radical (unpaired) electrons. The molecule has 1 unspecified atom stereocenters. The quantitative estimate of drug-likeness (QED) is 0.685. The summed E-state index contributed by atoms with van der Waals surface area (Å²) in [6, 6.07) is 10.6. The molecular formula is C25H36N6O2. The van der Waals surface area contributed by atoms with Crippen LogP contribution in [0, 0.1) is 5.92 Å². The average Bonchev–Trinajstić information content (AvgIpc) is 3.08. The van der Waals surface area contributed by atoms with Crippen LogP contribution in [0.4, 0.5) is 16.6 Å². The number of nitrogens with zero attached hydrogens (tertiary/aromatic N) is 5. The molecule has 2 atom stereocenters. The number of cyclic esters (lactones) is 1. The van der Waals surface area contributed by atoms with Gasteiger partial charge in [0.25, 0.3) is 0 Å². The average molecular weight is 453 g/mol. The SMILES string of the molecule is CC(Nc1nccc(N2C(=O)OC[C@@H]2C(C)C)n1)c1ccc(CN2CCCN(C)CC2)cc1. The van der Waals surface area contributed by atoms with Gasteiger partial charge in [0.2, 0.25) is 5.95 Å². The van der Waals surface area contributed by atoms with Crippen LogP contribution in [0.2, 0.25) is 0 Å². The maximum Gasteiger partial charge on any atom is 0.415 e. The van der Waals surface area contributed by atoms with Gasteiger partial charge < -0.3 is 15.0 Å². The minimum atomic E-state index is -0.349. The number of rotatable bonds is 7. The summed E-state index contributed by atoms with van der Waals surface area (Å²) in [5, 5.41) is 3.38. The number of aromatic nitrogens is 2. The number of carbonyl (C=O) groups excluding carboxylic acids is 1. The second kappa shape index (κ2) is 10.5. The van der Waals surface area contributed by atoms with Crippen molar-refractivity contribution in [2.45, 2.75) is 45.8 Å². The number of hydrogen-bond acceptors (Lipinski definition) is 7. The van der Waals surface area contributed by atoms with Gasteiger partial charge in [0.15, 0.2) is 0 Å². The van der Waals surface area contributed by atoms with Gasteiger partial charge in [-0.1, -0.05) is 38.1 Å². The number of amides is 1. The fourth-order valence-corrected chi connectivity index (χ4v) is 4.45. The highest BCUT2D eigenvalue weighted by Crippen LogP contribution is 2.27. The number of hydrogen-bond donors (Lipinski definition) is 1. The van der Waals surface area contributed by atoms with Crippen molar-refractivity contribution in [3.8, 4) is 0 Å². The van der Waals surface area contributed by atoms with Gasteiger partial charge in [-0.15, -0.1) is 0 Å². The van der Waals surface area contributed by atoms with Crippen molar-refractivity contribution >= 4 is 17.9 Å². The predicted molar refractivity (Wildman–Crippen MR) is 130 cm³/mol. The summed E-state index contributed by atoms with van der Waals surface area (Å²) in [6.45, 7) is 12.2. The van der Waals surface area contributed by atoms with E-state index in [9.17, 15) is 4.79 Å². The first-order chi connectivity index (χ1) is 15.9. The number of benzene rings is 1. The molecular weight excluding hydrogens is 416 g/mol. The van der Waals surface area contributed by atoms with Gasteiger partial charge in [-0.05, 0) is 56.6 Å². The lowest BCUT2D eigenvalue weighted by molar-refractivity contribution is 0.177. The van der Waals surface area contributed by atoms with Crippen molar-refractivity contribution in [1.82, 2.24) is 19.8 Å². The summed E-state index contributed by atoms with van der Waals surface area (Å²) in [4.78, 5) is 27.8. The monoisotopic (exact) mass is 452 g/mol. The van der Waals surface area contributed by atoms with Gasteiger partial charge in [-0.3, -0.25) is 9.80 Å². The molecule has 2 saturated heterocycles. The summed E-state index contributed by atoms with van der Waals surface area (Å²) in [5.41, 5.74) is 2.50. The third-order valence-electron chi connectivity index (χ3n) is 6.61. The molecule has 2 aromatic rings. The lowest BCUT2D eigenvalue weighted by atomic mass is 10.0. The van der Waals surface area contributed by atoms with Crippen LogP contribution in [0.25, 0.3) is 0 Å². The summed E-state index contributed by atoms with van der Waals surface area (Å²) < 4.78 is 5.26. The Bertz CT molecular complexity index is 935. The molecule has 0 spiro atoms. The van der Waals surface area contributed by atoms with E-state index in [0.29, 0.717) is 18.4 Å². The Morgan fingerprint density at radius 1 is 1.09 bits per heavy atom. The van der Waals surface area contributed by atoms with Gasteiger partial charge in [-0.25, -0.2) is 9.78 Å². The topological polar surface area (TPSA) is 73.8 Å². The van der Waals surface area contributed by atoms with Gasteiger partial charge in [0.1, 0.15) is 12.4 Å². The van der Waals surface area contributed by atoms with Crippen LogP contribution in [0.5, 0.6) is 0 Å². The van der Waals surface area contributed by atoms with Crippen molar-refractivity contribution in [2.75, 3.05) is 50.1 Å². The Hall–Kier alpha value is -2.71. The fourth-order valence-electron chi connectivity index (χ4n) is 4.45. The molecule has 0 saturated carbocycles. The van der Waals surface area contributed by atoms with Crippen LogP contribution < -0.4 is 10.2 Å². The Kier molecular flexibility index (Phi) is 7.45. The van der Waals surface area contributed by atoms with Crippen molar-refractivity contribution in [1.29, 1.82) is 0 Å².